The lowest BCUT2D eigenvalue weighted by atomic mass is 9.95. The van der Waals surface area contributed by atoms with Crippen LogP contribution in [0.15, 0.2) is 71.4 Å². The van der Waals surface area contributed by atoms with E-state index < -0.39 is 0 Å². The van der Waals surface area contributed by atoms with Gasteiger partial charge in [-0.3, -0.25) is 4.79 Å². The first kappa shape index (κ1) is 22.8. The van der Waals surface area contributed by atoms with Crippen LogP contribution in [0.2, 0.25) is 0 Å². The van der Waals surface area contributed by atoms with E-state index in [-0.39, 0.29) is 18.4 Å². The zero-order valence-corrected chi connectivity index (χ0v) is 20.8. The maximum absolute atomic E-state index is 13.4. The summed E-state index contributed by atoms with van der Waals surface area (Å²) in [5, 5.41) is 0.916. The number of carbonyl (C=O) groups is 1. The van der Waals surface area contributed by atoms with Crippen molar-refractivity contribution in [3.63, 3.8) is 0 Å². The Morgan fingerprint density at radius 3 is 2.51 bits per heavy atom. The summed E-state index contributed by atoms with van der Waals surface area (Å²) < 4.78 is 17.0. The van der Waals surface area contributed by atoms with Crippen molar-refractivity contribution in [2.24, 2.45) is 0 Å². The van der Waals surface area contributed by atoms with Crippen LogP contribution in [-0.4, -0.2) is 41.5 Å². The third-order valence-electron chi connectivity index (χ3n) is 6.83. The number of nitrogens with zero attached hydrogens (tertiary/aromatic N) is 3. The van der Waals surface area contributed by atoms with Gasteiger partial charge in [0.25, 0.3) is 0 Å². The summed E-state index contributed by atoms with van der Waals surface area (Å²) in [5.41, 5.74) is 4.13. The molecular weight excluding hydrogens is 468 g/mol. The van der Waals surface area contributed by atoms with Crippen molar-refractivity contribution in [2.45, 2.75) is 19.4 Å². The fourth-order valence-electron chi connectivity index (χ4n) is 5.00. The fourth-order valence-corrected chi connectivity index (χ4v) is 5.00. The highest BCUT2D eigenvalue weighted by molar-refractivity contribution is 6.12. The van der Waals surface area contributed by atoms with Crippen molar-refractivity contribution in [1.29, 1.82) is 0 Å². The lowest BCUT2D eigenvalue weighted by molar-refractivity contribution is 0.0989. The number of furan rings is 1. The van der Waals surface area contributed by atoms with Gasteiger partial charge in [0.1, 0.15) is 17.6 Å². The van der Waals surface area contributed by atoms with Crippen LogP contribution in [-0.2, 0) is 6.42 Å². The fraction of sp³-hybridized carbons (Fsp3) is 0.207. The Bertz CT molecular complexity index is 1600. The Kier molecular flexibility index (Phi) is 5.64. The molecule has 5 aromatic rings. The summed E-state index contributed by atoms with van der Waals surface area (Å²) in [7, 11) is 3.21. The third kappa shape index (κ3) is 3.81. The SMILES string of the molecule is CCc1ccc(C2c3[nH]c4ccccc4c3C(=O)CN2c2ncc(-c3ccc(OC)c(OC)c3)cn2)o1. The average molecular weight is 495 g/mol. The lowest BCUT2D eigenvalue weighted by Gasteiger charge is -2.33. The zero-order chi connectivity index (χ0) is 25.5. The van der Waals surface area contributed by atoms with Gasteiger partial charge in [0.15, 0.2) is 17.3 Å². The highest BCUT2D eigenvalue weighted by Gasteiger charge is 2.39. The second-order valence-corrected chi connectivity index (χ2v) is 8.91. The molecule has 186 valence electrons. The first-order valence-corrected chi connectivity index (χ1v) is 12.1. The first-order chi connectivity index (χ1) is 18.1. The molecule has 1 atom stereocenters. The van der Waals surface area contributed by atoms with Gasteiger partial charge in [-0.2, -0.15) is 0 Å². The molecule has 0 saturated carbocycles. The summed E-state index contributed by atoms with van der Waals surface area (Å²) in [6, 6.07) is 17.1. The molecule has 8 heteroatoms. The van der Waals surface area contributed by atoms with Gasteiger partial charge in [-0.25, -0.2) is 9.97 Å². The highest BCUT2D eigenvalue weighted by Crippen LogP contribution is 2.40. The number of methoxy groups -OCH3 is 2. The minimum Gasteiger partial charge on any atom is -0.493 e. The number of anilines is 1. The average Bonchev–Trinajstić information content (AvgIpc) is 3.58. The summed E-state index contributed by atoms with van der Waals surface area (Å²) >= 11 is 0. The largest absolute Gasteiger partial charge is 0.493 e. The Labute approximate surface area is 213 Å². The van der Waals surface area contributed by atoms with E-state index in [0.29, 0.717) is 23.0 Å². The number of benzene rings is 2. The van der Waals surface area contributed by atoms with Gasteiger partial charge in [0.05, 0.1) is 32.0 Å². The van der Waals surface area contributed by atoms with Crippen LogP contribution < -0.4 is 14.4 Å². The van der Waals surface area contributed by atoms with E-state index in [9.17, 15) is 4.79 Å². The van der Waals surface area contributed by atoms with Crippen LogP contribution in [0.5, 0.6) is 11.5 Å². The predicted molar refractivity (Wildman–Crippen MR) is 140 cm³/mol. The van der Waals surface area contributed by atoms with Gasteiger partial charge in [0, 0.05) is 35.3 Å². The van der Waals surface area contributed by atoms with E-state index in [1.165, 1.54) is 0 Å². The zero-order valence-electron chi connectivity index (χ0n) is 20.8. The molecule has 1 aliphatic heterocycles. The van der Waals surface area contributed by atoms with Crippen molar-refractivity contribution in [2.75, 3.05) is 25.7 Å². The Hall–Kier alpha value is -4.59. The number of hydrogen-bond acceptors (Lipinski definition) is 7. The number of aryl methyl sites for hydroxylation is 1. The van der Waals surface area contributed by atoms with Gasteiger partial charge in [-0.05, 0) is 35.9 Å². The molecule has 2 aromatic carbocycles. The van der Waals surface area contributed by atoms with E-state index in [2.05, 4.69) is 21.9 Å². The van der Waals surface area contributed by atoms with E-state index in [1.807, 2.05) is 59.5 Å². The Morgan fingerprint density at radius 2 is 1.78 bits per heavy atom. The van der Waals surface area contributed by atoms with Gasteiger partial charge in [0.2, 0.25) is 5.95 Å². The second-order valence-electron chi connectivity index (χ2n) is 8.91. The van der Waals surface area contributed by atoms with Crippen molar-refractivity contribution in [1.82, 2.24) is 15.0 Å². The summed E-state index contributed by atoms with van der Waals surface area (Å²) in [4.78, 5) is 28.2. The number of ether oxygens (including phenoxy) is 2. The number of aromatic nitrogens is 3. The number of nitrogens with one attached hydrogen (secondary N) is 1. The van der Waals surface area contributed by atoms with E-state index >= 15 is 0 Å². The van der Waals surface area contributed by atoms with Crippen LogP contribution in [0.3, 0.4) is 0 Å². The van der Waals surface area contributed by atoms with Gasteiger partial charge < -0.3 is 23.8 Å². The third-order valence-corrected chi connectivity index (χ3v) is 6.83. The number of carbonyl (C=O) groups excluding carboxylic acids is 1. The number of fused-ring (bicyclic) bond motifs is 3. The van der Waals surface area contributed by atoms with Crippen LogP contribution in [0.25, 0.3) is 22.0 Å². The van der Waals surface area contributed by atoms with Gasteiger partial charge in [-0.15, -0.1) is 0 Å². The van der Waals surface area contributed by atoms with E-state index in [0.717, 1.165) is 45.7 Å². The second kappa shape index (κ2) is 9.13. The highest BCUT2D eigenvalue weighted by atomic mass is 16.5. The maximum atomic E-state index is 13.4. The summed E-state index contributed by atoms with van der Waals surface area (Å²) in [6.45, 7) is 2.19. The van der Waals surface area contributed by atoms with Crippen molar-refractivity contribution in [3.05, 3.63) is 89.8 Å². The minimum absolute atomic E-state index is 0.0125. The molecule has 6 rings (SSSR count). The molecule has 0 fully saturated rings. The van der Waals surface area contributed by atoms with Crippen LogP contribution in [0.1, 0.15) is 40.5 Å². The van der Waals surface area contributed by atoms with E-state index in [4.69, 9.17) is 13.9 Å². The smallest absolute Gasteiger partial charge is 0.226 e. The molecule has 0 spiro atoms. The molecule has 1 aliphatic rings. The molecule has 4 heterocycles. The quantitative estimate of drug-likeness (QED) is 0.329. The predicted octanol–water partition coefficient (Wildman–Crippen LogP) is 5.59. The molecule has 0 saturated heterocycles. The number of aromatic amines is 1. The van der Waals surface area contributed by atoms with Crippen LogP contribution in [0, 0.1) is 0 Å². The molecule has 1 unspecified atom stereocenters. The normalized spacial score (nSPS) is 15.2. The van der Waals surface area contributed by atoms with Crippen molar-refractivity contribution in [3.8, 4) is 22.6 Å². The molecular formula is C29H26N4O4. The number of rotatable bonds is 6. The molecule has 3 aromatic heterocycles. The Balaban J connectivity index is 1.43. The maximum Gasteiger partial charge on any atom is 0.226 e. The monoisotopic (exact) mass is 494 g/mol. The molecule has 0 bridgehead atoms. The Morgan fingerprint density at radius 1 is 1.00 bits per heavy atom. The molecule has 0 radical (unpaired) electrons. The number of Topliss-reactive ketones (excluding diaryl/α,β-unsaturated/α-hetero) is 1. The van der Waals surface area contributed by atoms with Crippen LogP contribution in [0.4, 0.5) is 5.95 Å². The topological polar surface area (TPSA) is 93.5 Å². The summed E-state index contributed by atoms with van der Waals surface area (Å²) in [6.07, 6.45) is 4.29. The summed E-state index contributed by atoms with van der Waals surface area (Å²) in [5.74, 6) is 3.36. The first-order valence-electron chi connectivity index (χ1n) is 12.1. The van der Waals surface area contributed by atoms with Crippen molar-refractivity contribution >= 4 is 22.6 Å². The molecule has 1 N–H and O–H groups in total. The van der Waals surface area contributed by atoms with Crippen LogP contribution >= 0.6 is 0 Å². The van der Waals surface area contributed by atoms with E-state index in [1.54, 1.807) is 26.6 Å². The number of para-hydroxylation sites is 1. The van der Waals surface area contributed by atoms with Gasteiger partial charge >= 0.3 is 0 Å². The number of H-pyrrole nitrogens is 1. The number of hydrogen-bond donors (Lipinski definition) is 1. The molecule has 37 heavy (non-hydrogen) atoms. The molecule has 0 amide bonds. The standard InChI is InChI=1S/C29H26N4O4/c1-4-19-10-12-24(37-19)28-27-26(20-7-5-6-8-21(20)32-27)22(34)16-33(28)29-30-14-18(15-31-29)17-9-11-23(35-2)25(13-17)36-3/h5-15,28,32H,4,16H2,1-3H3. The van der Waals surface area contributed by atoms with Crippen molar-refractivity contribution < 1.29 is 18.7 Å². The molecule has 8 nitrogen and oxygen atoms in total. The minimum atomic E-state index is -0.368. The molecule has 0 aliphatic carbocycles. The number of ketones is 1. The lowest BCUT2D eigenvalue weighted by Crippen LogP contribution is -2.40. The van der Waals surface area contributed by atoms with Gasteiger partial charge in [-0.1, -0.05) is 31.2 Å².